The Morgan fingerprint density at radius 3 is 2.91 bits per heavy atom. The summed E-state index contributed by atoms with van der Waals surface area (Å²) < 4.78 is 24.2. The minimum atomic E-state index is -3.08. The monoisotopic (exact) mass is 375 g/mol. The Bertz CT molecular complexity index is 834. The van der Waals surface area contributed by atoms with Gasteiger partial charge in [0.25, 0.3) is 0 Å². The Labute approximate surface area is 143 Å². The number of rotatable bonds is 2. The molecule has 9 heteroatoms. The Balaban J connectivity index is 1.68. The zero-order valence-corrected chi connectivity index (χ0v) is 14.9. The van der Waals surface area contributed by atoms with Crippen molar-refractivity contribution in [3.63, 3.8) is 0 Å². The number of aromatic nitrogens is 1. The van der Waals surface area contributed by atoms with Crippen LogP contribution in [0, 0.1) is 6.92 Å². The van der Waals surface area contributed by atoms with Crippen LogP contribution in [-0.4, -0.2) is 41.4 Å². The molecule has 0 saturated carbocycles. The number of halogens is 1. The van der Waals surface area contributed by atoms with Crippen LogP contribution < -0.4 is 10.6 Å². The molecule has 0 spiro atoms. The molecule has 2 aromatic rings. The van der Waals surface area contributed by atoms with E-state index in [-0.39, 0.29) is 17.5 Å². The van der Waals surface area contributed by atoms with Gasteiger partial charge in [-0.05, 0) is 37.3 Å². The van der Waals surface area contributed by atoms with Gasteiger partial charge in [0.1, 0.15) is 0 Å². The highest BCUT2D eigenvalue weighted by molar-refractivity contribution is 7.91. The highest BCUT2D eigenvalue weighted by Crippen LogP contribution is 2.25. The number of hydrogen-bond acceptors (Lipinski definition) is 5. The summed E-state index contributed by atoms with van der Waals surface area (Å²) in [4.78, 5) is 4.40. The standard InChI is InChI=1S/C13H14ClN3O2S3/c1-7-15-10-3-2-8(4-12(10)21-7)16-13(20)17-11-6-22(18,19)5-9(11)14/h2-4,9,11H,5-6H2,1H3,(H2,16,17,20)/t9-,11+/m1/s1. The number of hydrogen-bond donors (Lipinski definition) is 2. The number of thiocarbonyl (C=S) groups is 1. The maximum absolute atomic E-state index is 11.5. The van der Waals surface area contributed by atoms with Gasteiger partial charge in [-0.25, -0.2) is 13.4 Å². The van der Waals surface area contributed by atoms with Crippen LogP contribution in [0.2, 0.25) is 0 Å². The van der Waals surface area contributed by atoms with E-state index in [1.165, 1.54) is 0 Å². The van der Waals surface area contributed by atoms with Crippen LogP contribution in [0.3, 0.4) is 0 Å². The van der Waals surface area contributed by atoms with Crippen molar-refractivity contribution in [3.8, 4) is 0 Å². The third-order valence-electron chi connectivity index (χ3n) is 3.35. The van der Waals surface area contributed by atoms with Gasteiger partial charge in [-0.1, -0.05) is 0 Å². The Hall–Kier alpha value is -0.960. The van der Waals surface area contributed by atoms with Crippen molar-refractivity contribution in [2.75, 3.05) is 16.8 Å². The molecule has 2 N–H and O–H groups in total. The lowest BCUT2D eigenvalue weighted by Crippen LogP contribution is -2.42. The number of thiazole rings is 1. The predicted molar refractivity (Wildman–Crippen MR) is 95.8 cm³/mol. The molecule has 2 heterocycles. The molecule has 0 aliphatic carbocycles. The lowest BCUT2D eigenvalue weighted by molar-refractivity contribution is 0.600. The average Bonchev–Trinajstić information content (AvgIpc) is 2.87. The van der Waals surface area contributed by atoms with Crippen molar-refractivity contribution in [1.29, 1.82) is 0 Å². The second-order valence-corrected chi connectivity index (χ2v) is 9.57. The van der Waals surface area contributed by atoms with E-state index in [1.54, 1.807) is 11.3 Å². The summed E-state index contributed by atoms with van der Waals surface area (Å²) >= 11 is 12.9. The minimum absolute atomic E-state index is 0.00998. The first-order valence-corrected chi connectivity index (χ1v) is 10.1. The molecule has 1 aromatic heterocycles. The number of nitrogens with one attached hydrogen (secondary N) is 2. The quantitative estimate of drug-likeness (QED) is 0.620. The summed E-state index contributed by atoms with van der Waals surface area (Å²) in [7, 11) is -3.08. The number of aryl methyl sites for hydroxylation is 1. The van der Waals surface area contributed by atoms with Crippen LogP contribution >= 0.6 is 35.2 Å². The van der Waals surface area contributed by atoms with Gasteiger partial charge in [-0.3, -0.25) is 0 Å². The highest BCUT2D eigenvalue weighted by Gasteiger charge is 2.36. The zero-order chi connectivity index (χ0) is 15.9. The molecule has 5 nitrogen and oxygen atoms in total. The van der Waals surface area contributed by atoms with Gasteiger partial charge in [0, 0.05) is 5.69 Å². The lowest BCUT2D eigenvalue weighted by atomic mass is 10.2. The van der Waals surface area contributed by atoms with Crippen LogP contribution in [0.5, 0.6) is 0 Å². The van der Waals surface area contributed by atoms with Gasteiger partial charge in [-0.2, -0.15) is 0 Å². The van der Waals surface area contributed by atoms with Crippen molar-refractivity contribution >= 4 is 66.0 Å². The summed E-state index contributed by atoms with van der Waals surface area (Å²) in [6.45, 7) is 1.96. The topological polar surface area (TPSA) is 71.1 Å². The van der Waals surface area contributed by atoms with E-state index >= 15 is 0 Å². The highest BCUT2D eigenvalue weighted by atomic mass is 35.5. The Morgan fingerprint density at radius 1 is 1.45 bits per heavy atom. The zero-order valence-electron chi connectivity index (χ0n) is 11.7. The second-order valence-electron chi connectivity index (χ2n) is 5.21. The Morgan fingerprint density at radius 2 is 2.23 bits per heavy atom. The predicted octanol–water partition coefficient (Wildman–Crippen LogP) is 2.30. The van der Waals surface area contributed by atoms with E-state index in [2.05, 4.69) is 15.6 Å². The lowest BCUT2D eigenvalue weighted by Gasteiger charge is -2.17. The molecule has 1 saturated heterocycles. The van der Waals surface area contributed by atoms with Crippen molar-refractivity contribution in [2.24, 2.45) is 0 Å². The number of nitrogens with zero attached hydrogens (tertiary/aromatic N) is 1. The van der Waals surface area contributed by atoms with Crippen LogP contribution in [-0.2, 0) is 9.84 Å². The van der Waals surface area contributed by atoms with Crippen molar-refractivity contribution < 1.29 is 8.42 Å². The number of sulfone groups is 1. The number of alkyl halides is 1. The first-order chi connectivity index (χ1) is 10.3. The fourth-order valence-corrected chi connectivity index (χ4v) is 6.08. The summed E-state index contributed by atoms with van der Waals surface area (Å²) in [5.41, 5.74) is 1.79. The van der Waals surface area contributed by atoms with Gasteiger partial charge in [-0.15, -0.1) is 22.9 Å². The first kappa shape index (κ1) is 15.9. The average molecular weight is 376 g/mol. The van der Waals surface area contributed by atoms with E-state index < -0.39 is 15.2 Å². The largest absolute Gasteiger partial charge is 0.357 e. The van der Waals surface area contributed by atoms with Crippen molar-refractivity contribution in [3.05, 3.63) is 23.2 Å². The minimum Gasteiger partial charge on any atom is -0.357 e. The van der Waals surface area contributed by atoms with Crippen LogP contribution in [0.4, 0.5) is 5.69 Å². The maximum Gasteiger partial charge on any atom is 0.171 e. The smallest absolute Gasteiger partial charge is 0.171 e. The van der Waals surface area contributed by atoms with Gasteiger partial charge in [0.15, 0.2) is 14.9 Å². The van der Waals surface area contributed by atoms with E-state index in [1.807, 2.05) is 25.1 Å². The number of fused-ring (bicyclic) bond motifs is 1. The van der Waals surface area contributed by atoms with Crippen LogP contribution in [0.1, 0.15) is 5.01 Å². The molecule has 0 radical (unpaired) electrons. The molecule has 1 aliphatic rings. The fourth-order valence-electron chi connectivity index (χ4n) is 2.39. The normalized spacial score (nSPS) is 23.5. The molecule has 118 valence electrons. The summed E-state index contributed by atoms with van der Waals surface area (Å²) in [6, 6.07) is 5.42. The second kappa shape index (κ2) is 5.92. The molecular formula is C13H14ClN3O2S3. The number of benzene rings is 1. The molecule has 3 rings (SSSR count). The molecule has 0 amide bonds. The van der Waals surface area contributed by atoms with E-state index in [9.17, 15) is 8.42 Å². The number of anilines is 1. The van der Waals surface area contributed by atoms with Crippen LogP contribution in [0.25, 0.3) is 10.2 Å². The molecule has 0 bridgehead atoms. The van der Waals surface area contributed by atoms with Crippen molar-refractivity contribution in [1.82, 2.24) is 10.3 Å². The molecule has 1 aliphatic heterocycles. The molecule has 22 heavy (non-hydrogen) atoms. The summed E-state index contributed by atoms with van der Waals surface area (Å²) in [5, 5.41) is 6.96. The van der Waals surface area contributed by atoms with Gasteiger partial charge in [0.2, 0.25) is 0 Å². The fraction of sp³-hybridized carbons (Fsp3) is 0.385. The molecule has 1 fully saturated rings. The summed E-state index contributed by atoms with van der Waals surface area (Å²) in [6.07, 6.45) is 0. The van der Waals surface area contributed by atoms with E-state index in [4.69, 9.17) is 23.8 Å². The first-order valence-electron chi connectivity index (χ1n) is 6.62. The molecule has 2 atom stereocenters. The van der Waals surface area contributed by atoms with Gasteiger partial charge in [0.05, 0.1) is 38.1 Å². The maximum atomic E-state index is 11.5. The van der Waals surface area contributed by atoms with Gasteiger partial charge >= 0.3 is 0 Å². The molecular weight excluding hydrogens is 362 g/mol. The van der Waals surface area contributed by atoms with Crippen molar-refractivity contribution in [2.45, 2.75) is 18.3 Å². The van der Waals surface area contributed by atoms with E-state index in [0.717, 1.165) is 20.9 Å². The summed E-state index contributed by atoms with van der Waals surface area (Å²) in [5.74, 6) is -0.00298. The van der Waals surface area contributed by atoms with Crippen LogP contribution in [0.15, 0.2) is 18.2 Å². The Kier molecular flexibility index (Phi) is 4.28. The third-order valence-corrected chi connectivity index (χ3v) is 6.88. The van der Waals surface area contributed by atoms with E-state index in [0.29, 0.717) is 5.11 Å². The SMILES string of the molecule is Cc1nc2ccc(NC(=S)N[C@H]3CS(=O)(=O)C[C@H]3Cl)cc2s1. The van der Waals surface area contributed by atoms with Gasteiger partial charge < -0.3 is 10.6 Å². The third kappa shape index (κ3) is 3.51. The molecule has 0 unspecified atom stereocenters. The molecule has 1 aromatic carbocycles.